The van der Waals surface area contributed by atoms with Gasteiger partial charge in [-0.25, -0.2) is 18.7 Å². The first-order chi connectivity index (χ1) is 13.7. The Morgan fingerprint density at radius 3 is 2.62 bits per heavy atom. The summed E-state index contributed by atoms with van der Waals surface area (Å²) in [6, 6.07) is 3.21. The molecule has 1 aliphatic rings. The van der Waals surface area contributed by atoms with E-state index in [2.05, 4.69) is 14.9 Å². The van der Waals surface area contributed by atoms with E-state index in [9.17, 15) is 21.9 Å². The topological polar surface area (TPSA) is 82.0 Å². The van der Waals surface area contributed by atoms with Crippen LogP contribution in [0.2, 0.25) is 0 Å². The van der Waals surface area contributed by atoms with Crippen LogP contribution in [0.1, 0.15) is 24.6 Å². The van der Waals surface area contributed by atoms with Gasteiger partial charge in [-0.05, 0) is 24.1 Å². The third kappa shape index (κ3) is 4.47. The van der Waals surface area contributed by atoms with Crippen molar-refractivity contribution in [2.45, 2.75) is 32.5 Å². The van der Waals surface area contributed by atoms with E-state index >= 15 is 0 Å². The number of halogens is 4. The van der Waals surface area contributed by atoms with Gasteiger partial charge in [0.2, 0.25) is 0 Å². The van der Waals surface area contributed by atoms with Gasteiger partial charge in [0, 0.05) is 31.1 Å². The molecule has 4 heterocycles. The lowest BCUT2D eigenvalue weighted by molar-refractivity contribution is -0.130. The second-order valence-corrected chi connectivity index (χ2v) is 6.81. The standard InChI is InChI=1S/C14H13FN6OS.C3H5F3/c15-23-21-6-3-10-12(17-8-18-13(10)21)19-4-1-9-2-5-20(14(16)22)11(9)7-19;1-2-3(4,5)6/h2-3,5-6,8H,1,4,7H2,(H2,16,22);2H2,1H3. The highest BCUT2D eigenvalue weighted by Gasteiger charge is 2.24. The van der Waals surface area contributed by atoms with Crippen LogP contribution in [-0.2, 0) is 13.0 Å². The number of nitrogens with two attached hydrogens (primary N) is 1. The Kier molecular flexibility index (Phi) is 6.01. The maximum Gasteiger partial charge on any atom is 0.388 e. The minimum Gasteiger partial charge on any atom is -0.351 e. The smallest absolute Gasteiger partial charge is 0.351 e. The zero-order valence-electron chi connectivity index (χ0n) is 15.4. The van der Waals surface area contributed by atoms with Gasteiger partial charge in [0.25, 0.3) is 0 Å². The largest absolute Gasteiger partial charge is 0.388 e. The number of rotatable bonds is 2. The first-order valence-corrected chi connectivity index (χ1v) is 9.34. The van der Waals surface area contributed by atoms with E-state index in [1.165, 1.54) is 14.9 Å². The average molecular weight is 430 g/mol. The van der Waals surface area contributed by atoms with Gasteiger partial charge in [-0.1, -0.05) is 6.92 Å². The molecule has 0 radical (unpaired) electrons. The Bertz CT molecular complexity index is 1020. The van der Waals surface area contributed by atoms with Gasteiger partial charge in [0.15, 0.2) is 18.0 Å². The van der Waals surface area contributed by atoms with Crippen molar-refractivity contribution in [2.75, 3.05) is 11.4 Å². The van der Waals surface area contributed by atoms with Gasteiger partial charge < -0.3 is 10.6 Å². The van der Waals surface area contributed by atoms with Crippen molar-refractivity contribution in [1.82, 2.24) is 18.5 Å². The van der Waals surface area contributed by atoms with Crippen LogP contribution in [0.15, 0.2) is 30.9 Å². The van der Waals surface area contributed by atoms with Gasteiger partial charge in [-0.3, -0.25) is 4.57 Å². The number of primary amides is 1. The number of carbonyl (C=O) groups excluding carboxylic acids is 1. The van der Waals surface area contributed by atoms with E-state index < -0.39 is 18.6 Å². The molecule has 7 nitrogen and oxygen atoms in total. The molecule has 12 heteroatoms. The molecule has 0 unspecified atom stereocenters. The average Bonchev–Trinajstić information content (AvgIpc) is 3.31. The number of carbonyl (C=O) groups is 1. The van der Waals surface area contributed by atoms with Gasteiger partial charge in [-0.15, -0.1) is 3.89 Å². The molecule has 1 amide bonds. The third-order valence-corrected chi connectivity index (χ3v) is 4.96. The van der Waals surface area contributed by atoms with E-state index in [4.69, 9.17) is 5.73 Å². The molecule has 4 rings (SSSR count). The Balaban J connectivity index is 0.000000353. The van der Waals surface area contributed by atoms with Crippen LogP contribution < -0.4 is 10.6 Å². The molecule has 0 saturated heterocycles. The van der Waals surface area contributed by atoms with Crippen LogP contribution >= 0.6 is 12.3 Å². The fourth-order valence-corrected chi connectivity index (χ4v) is 3.35. The maximum atomic E-state index is 12.9. The third-order valence-electron chi connectivity index (χ3n) is 4.52. The number of aromatic nitrogens is 4. The molecule has 0 atom stereocenters. The zero-order valence-corrected chi connectivity index (χ0v) is 16.2. The van der Waals surface area contributed by atoms with Crippen LogP contribution in [0, 0.1) is 0 Å². The minimum absolute atomic E-state index is 0.0992. The van der Waals surface area contributed by atoms with Crippen LogP contribution in [-0.4, -0.2) is 37.3 Å². The molecular weight excluding hydrogens is 412 g/mol. The molecule has 0 bridgehead atoms. The van der Waals surface area contributed by atoms with Crippen LogP contribution in [0.3, 0.4) is 0 Å². The summed E-state index contributed by atoms with van der Waals surface area (Å²) in [7, 11) is 0. The van der Waals surface area contributed by atoms with E-state index in [0.717, 1.165) is 42.4 Å². The molecule has 0 fully saturated rings. The predicted molar refractivity (Wildman–Crippen MR) is 102 cm³/mol. The van der Waals surface area contributed by atoms with Crippen LogP contribution in [0.5, 0.6) is 0 Å². The lowest BCUT2D eigenvalue weighted by Crippen LogP contribution is -2.34. The Morgan fingerprint density at radius 1 is 1.28 bits per heavy atom. The normalized spacial score (nSPS) is 13.8. The van der Waals surface area contributed by atoms with E-state index in [0.29, 0.717) is 12.2 Å². The predicted octanol–water partition coefficient (Wildman–Crippen LogP) is 4.06. The molecule has 156 valence electrons. The number of anilines is 1. The first-order valence-electron chi connectivity index (χ1n) is 8.67. The minimum atomic E-state index is -3.96. The van der Waals surface area contributed by atoms with Crippen molar-refractivity contribution in [3.63, 3.8) is 0 Å². The molecule has 3 aromatic rings. The number of alkyl halides is 3. The molecule has 0 aromatic carbocycles. The zero-order chi connectivity index (χ0) is 21.2. The number of fused-ring (bicyclic) bond motifs is 2. The lowest BCUT2D eigenvalue weighted by atomic mass is 10.1. The van der Waals surface area contributed by atoms with Crippen LogP contribution in [0.4, 0.5) is 27.7 Å². The number of hydrogen-bond acceptors (Lipinski definition) is 5. The summed E-state index contributed by atoms with van der Waals surface area (Å²) in [6.45, 7) is 2.36. The molecule has 29 heavy (non-hydrogen) atoms. The summed E-state index contributed by atoms with van der Waals surface area (Å²) in [6.07, 6.45) is 0.844. The van der Waals surface area contributed by atoms with Gasteiger partial charge in [-0.2, -0.15) is 13.2 Å². The molecule has 3 aromatic heterocycles. The summed E-state index contributed by atoms with van der Waals surface area (Å²) < 4.78 is 48.1. The highest BCUT2D eigenvalue weighted by atomic mass is 32.2. The van der Waals surface area contributed by atoms with Crippen LogP contribution in [0.25, 0.3) is 11.0 Å². The Labute approximate surface area is 167 Å². The van der Waals surface area contributed by atoms with Crippen molar-refractivity contribution < 1.29 is 21.9 Å². The van der Waals surface area contributed by atoms with Crippen molar-refractivity contribution in [3.8, 4) is 0 Å². The molecule has 1 aliphatic heterocycles. The monoisotopic (exact) mass is 430 g/mol. The van der Waals surface area contributed by atoms with E-state index in [-0.39, 0.29) is 12.3 Å². The fourth-order valence-electron chi connectivity index (χ4n) is 3.04. The Hall–Kier alpha value is -2.76. The first kappa shape index (κ1) is 21.0. The SMILES string of the molecule is CCC(F)(F)F.NC(=O)n1ccc2c1CN(c1ncnc3c1ccn3SF)CC2. The summed E-state index contributed by atoms with van der Waals surface area (Å²) in [5.74, 6) is 0.727. The van der Waals surface area contributed by atoms with Crippen molar-refractivity contribution in [3.05, 3.63) is 42.1 Å². The van der Waals surface area contributed by atoms with E-state index in [1.807, 2.05) is 6.07 Å². The molecular formula is C17H18F4N6OS. The van der Waals surface area contributed by atoms with E-state index in [1.54, 1.807) is 18.5 Å². The number of nitrogens with zero attached hydrogens (tertiary/aromatic N) is 5. The molecule has 0 spiro atoms. The molecule has 2 N–H and O–H groups in total. The fraction of sp³-hybridized carbons (Fsp3) is 0.353. The van der Waals surface area contributed by atoms with Crippen molar-refractivity contribution in [1.29, 1.82) is 0 Å². The number of amides is 1. The summed E-state index contributed by atoms with van der Waals surface area (Å²) >= 11 is 0.0992. The highest BCUT2D eigenvalue weighted by molar-refractivity contribution is 7.92. The highest BCUT2D eigenvalue weighted by Crippen LogP contribution is 2.30. The van der Waals surface area contributed by atoms with Gasteiger partial charge in [0.1, 0.15) is 12.1 Å². The van der Waals surface area contributed by atoms with Gasteiger partial charge >= 0.3 is 12.2 Å². The van der Waals surface area contributed by atoms with Gasteiger partial charge in [0.05, 0.1) is 11.9 Å². The number of hydrogen-bond donors (Lipinski definition) is 1. The summed E-state index contributed by atoms with van der Waals surface area (Å²) in [5.41, 5.74) is 7.92. The maximum absolute atomic E-state index is 12.9. The second kappa shape index (κ2) is 8.31. The quantitative estimate of drug-likeness (QED) is 0.620. The summed E-state index contributed by atoms with van der Waals surface area (Å²) in [4.78, 5) is 22.1. The lowest BCUT2D eigenvalue weighted by Gasteiger charge is -2.29. The molecule has 0 aliphatic carbocycles. The molecule has 0 saturated carbocycles. The second-order valence-electron chi connectivity index (χ2n) is 6.28. The van der Waals surface area contributed by atoms with Crippen molar-refractivity contribution in [2.24, 2.45) is 5.73 Å². The summed E-state index contributed by atoms with van der Waals surface area (Å²) in [5, 5.41) is 0.776. The van der Waals surface area contributed by atoms with Crippen molar-refractivity contribution >= 4 is 35.2 Å². The Morgan fingerprint density at radius 2 is 2.00 bits per heavy atom.